The lowest BCUT2D eigenvalue weighted by atomic mass is 10.1. The lowest BCUT2D eigenvalue weighted by Gasteiger charge is -2.08. The van der Waals surface area contributed by atoms with E-state index in [0.29, 0.717) is 17.2 Å². The van der Waals surface area contributed by atoms with Crippen LogP contribution in [0.2, 0.25) is 0 Å². The molecule has 0 atom stereocenters. The summed E-state index contributed by atoms with van der Waals surface area (Å²) in [5, 5.41) is 13.8. The van der Waals surface area contributed by atoms with Crippen LogP contribution < -0.4 is 14.8 Å². The lowest BCUT2D eigenvalue weighted by Crippen LogP contribution is -2.17. The van der Waals surface area contributed by atoms with Crippen molar-refractivity contribution in [2.45, 2.75) is 6.42 Å². The molecule has 0 spiro atoms. The normalized spacial score (nSPS) is 10.8. The third-order valence-corrected chi connectivity index (χ3v) is 5.63. The van der Waals surface area contributed by atoms with Crippen LogP contribution in [0.3, 0.4) is 0 Å². The first-order chi connectivity index (χ1) is 15.0. The van der Waals surface area contributed by atoms with Crippen LogP contribution >= 0.6 is 11.3 Å². The van der Waals surface area contributed by atoms with Crippen LogP contribution in [0.5, 0.6) is 11.5 Å². The fourth-order valence-electron chi connectivity index (χ4n) is 3.24. The van der Waals surface area contributed by atoms with Gasteiger partial charge in [-0.15, -0.1) is 11.3 Å². The molecule has 158 valence electrons. The first-order valence-electron chi connectivity index (χ1n) is 9.30. The largest absolute Gasteiger partial charge is 0.497 e. The van der Waals surface area contributed by atoms with Gasteiger partial charge in [-0.2, -0.15) is 0 Å². The number of fused-ring (bicyclic) bond motifs is 1. The van der Waals surface area contributed by atoms with Gasteiger partial charge in [0.15, 0.2) is 4.96 Å². The third-order valence-electron chi connectivity index (χ3n) is 4.74. The lowest BCUT2D eigenvalue weighted by molar-refractivity contribution is -0.115. The fraction of sp³-hybridized carbons (Fsp3) is 0.136. The summed E-state index contributed by atoms with van der Waals surface area (Å²) >= 11 is 1.41. The Morgan fingerprint density at radius 3 is 2.71 bits per heavy atom. The number of hydrogen-bond acceptors (Lipinski definition) is 6. The molecule has 0 saturated carbocycles. The fourth-order valence-corrected chi connectivity index (χ4v) is 4.11. The molecule has 9 heteroatoms. The zero-order valence-corrected chi connectivity index (χ0v) is 17.6. The van der Waals surface area contributed by atoms with Crippen LogP contribution in [0.15, 0.2) is 54.0 Å². The van der Waals surface area contributed by atoms with Crippen LogP contribution in [-0.4, -0.2) is 40.6 Å². The second-order valence-electron chi connectivity index (χ2n) is 6.65. The number of anilines is 1. The van der Waals surface area contributed by atoms with Gasteiger partial charge in [0.25, 0.3) is 0 Å². The molecule has 8 nitrogen and oxygen atoms in total. The minimum atomic E-state index is -1.10. The second kappa shape index (κ2) is 8.49. The Labute approximate surface area is 181 Å². The molecule has 31 heavy (non-hydrogen) atoms. The Morgan fingerprint density at radius 1 is 1.16 bits per heavy atom. The molecule has 4 aromatic rings. The number of nitrogens with one attached hydrogen (secondary N) is 1. The Kier molecular flexibility index (Phi) is 5.59. The van der Waals surface area contributed by atoms with Crippen molar-refractivity contribution in [3.63, 3.8) is 0 Å². The van der Waals surface area contributed by atoms with Crippen LogP contribution in [0.1, 0.15) is 16.1 Å². The van der Waals surface area contributed by atoms with Gasteiger partial charge in [-0.1, -0.05) is 12.1 Å². The quantitative estimate of drug-likeness (QED) is 0.454. The molecule has 2 N–H and O–H groups in total. The van der Waals surface area contributed by atoms with Gasteiger partial charge in [-0.05, 0) is 30.3 Å². The first-order valence-corrected chi connectivity index (χ1v) is 10.2. The number of hydrogen-bond donors (Lipinski definition) is 2. The van der Waals surface area contributed by atoms with Gasteiger partial charge in [-0.25, -0.2) is 9.78 Å². The molecule has 4 rings (SSSR count). The van der Waals surface area contributed by atoms with E-state index in [4.69, 9.17) is 9.47 Å². The number of aromatic nitrogens is 2. The topological polar surface area (TPSA) is 102 Å². The number of benzene rings is 2. The van der Waals surface area contributed by atoms with Crippen LogP contribution in [0, 0.1) is 0 Å². The molecule has 2 aromatic heterocycles. The van der Waals surface area contributed by atoms with E-state index < -0.39 is 5.97 Å². The number of amides is 1. The van der Waals surface area contributed by atoms with Crippen LogP contribution in [-0.2, 0) is 11.2 Å². The molecule has 0 fully saturated rings. The maximum atomic E-state index is 12.6. The predicted octanol–water partition coefficient (Wildman–Crippen LogP) is 3.96. The van der Waals surface area contributed by atoms with E-state index in [2.05, 4.69) is 10.3 Å². The number of carbonyl (C=O) groups is 2. The van der Waals surface area contributed by atoms with Crippen LogP contribution in [0.25, 0.3) is 16.2 Å². The first kappa shape index (κ1) is 20.4. The highest BCUT2D eigenvalue weighted by atomic mass is 32.1. The summed E-state index contributed by atoms with van der Waals surface area (Å²) in [6, 6.07) is 11.8. The summed E-state index contributed by atoms with van der Waals surface area (Å²) in [6.07, 6.45) is 1.91. The highest BCUT2D eigenvalue weighted by molar-refractivity contribution is 7.15. The molecule has 2 heterocycles. The average molecular weight is 437 g/mol. The van der Waals surface area contributed by atoms with E-state index in [1.807, 2.05) is 34.2 Å². The highest BCUT2D eigenvalue weighted by Crippen LogP contribution is 2.34. The van der Waals surface area contributed by atoms with E-state index in [9.17, 15) is 14.7 Å². The Balaban J connectivity index is 1.60. The van der Waals surface area contributed by atoms with Crippen LogP contribution in [0.4, 0.5) is 5.69 Å². The number of carbonyl (C=O) groups excluding carboxylic acids is 1. The van der Waals surface area contributed by atoms with Crippen molar-refractivity contribution in [3.8, 4) is 22.8 Å². The number of ether oxygens (including phenoxy) is 2. The van der Waals surface area contributed by atoms with Gasteiger partial charge in [-0.3, -0.25) is 9.20 Å². The van der Waals surface area contributed by atoms with Crippen molar-refractivity contribution < 1.29 is 24.2 Å². The van der Waals surface area contributed by atoms with Gasteiger partial charge < -0.3 is 19.9 Å². The van der Waals surface area contributed by atoms with Gasteiger partial charge in [0.2, 0.25) is 5.91 Å². The van der Waals surface area contributed by atoms with Crippen molar-refractivity contribution in [2.75, 3.05) is 19.5 Å². The number of aromatic carboxylic acids is 1. The minimum Gasteiger partial charge on any atom is -0.497 e. The molecule has 0 radical (unpaired) electrons. The summed E-state index contributed by atoms with van der Waals surface area (Å²) in [6.45, 7) is 0. The summed E-state index contributed by atoms with van der Waals surface area (Å²) in [7, 11) is 3.19. The summed E-state index contributed by atoms with van der Waals surface area (Å²) < 4.78 is 12.6. The number of nitrogens with zero attached hydrogens (tertiary/aromatic N) is 2. The smallest absolute Gasteiger partial charge is 0.337 e. The summed E-state index contributed by atoms with van der Waals surface area (Å²) in [5.74, 6) is -0.0668. The minimum absolute atomic E-state index is 0.0429. The number of methoxy groups -OCH3 is 2. The summed E-state index contributed by atoms with van der Waals surface area (Å²) in [5.41, 5.74) is 2.52. The van der Waals surface area contributed by atoms with E-state index in [1.165, 1.54) is 17.4 Å². The molecule has 0 aliphatic carbocycles. The van der Waals surface area contributed by atoms with E-state index in [-0.39, 0.29) is 23.6 Å². The molecule has 0 aliphatic heterocycles. The molecule has 0 aliphatic rings. The number of carboxylic acid groups (broad SMARTS) is 1. The van der Waals surface area contributed by atoms with Gasteiger partial charge in [0.1, 0.15) is 11.5 Å². The Bertz CT molecular complexity index is 1280. The van der Waals surface area contributed by atoms with E-state index in [1.54, 1.807) is 32.4 Å². The highest BCUT2D eigenvalue weighted by Gasteiger charge is 2.17. The molecule has 0 saturated heterocycles. The zero-order valence-electron chi connectivity index (χ0n) is 16.8. The maximum absolute atomic E-state index is 12.6. The van der Waals surface area contributed by atoms with Crippen molar-refractivity contribution in [1.29, 1.82) is 0 Å². The van der Waals surface area contributed by atoms with Crippen molar-refractivity contribution in [2.24, 2.45) is 0 Å². The zero-order chi connectivity index (χ0) is 22.0. The third kappa shape index (κ3) is 4.08. The van der Waals surface area contributed by atoms with Gasteiger partial charge in [0, 0.05) is 22.8 Å². The molecular formula is C22H19N3O5S. The SMILES string of the molecule is COc1ccc(OC)c(-c2cn3c(CC(=O)Nc4ccccc4C(=O)O)csc3n2)c1. The van der Waals surface area contributed by atoms with Crippen molar-refractivity contribution in [1.82, 2.24) is 9.38 Å². The molecule has 2 aromatic carbocycles. The number of thiazole rings is 1. The van der Waals surface area contributed by atoms with Gasteiger partial charge >= 0.3 is 5.97 Å². The molecule has 0 unspecified atom stereocenters. The predicted molar refractivity (Wildman–Crippen MR) is 117 cm³/mol. The summed E-state index contributed by atoms with van der Waals surface area (Å²) in [4.78, 5) is 29.3. The van der Waals surface area contributed by atoms with E-state index in [0.717, 1.165) is 16.2 Å². The molecule has 0 bridgehead atoms. The van der Waals surface area contributed by atoms with Crippen molar-refractivity contribution >= 4 is 33.9 Å². The van der Waals surface area contributed by atoms with E-state index >= 15 is 0 Å². The maximum Gasteiger partial charge on any atom is 0.337 e. The molecule has 1 amide bonds. The number of para-hydroxylation sites is 1. The standard InChI is InChI=1S/C22H19N3O5S/c1-29-14-7-8-19(30-2)16(10-14)18-11-25-13(12-31-22(25)24-18)9-20(26)23-17-6-4-3-5-15(17)21(27)28/h3-8,10-12H,9H2,1-2H3,(H,23,26)(H,27,28). The Morgan fingerprint density at radius 2 is 1.97 bits per heavy atom. The van der Waals surface area contributed by atoms with Crippen molar-refractivity contribution in [3.05, 3.63) is 65.3 Å². The number of imidazole rings is 1. The average Bonchev–Trinajstić information content (AvgIpc) is 3.35. The second-order valence-corrected chi connectivity index (χ2v) is 7.48. The number of carboxylic acids is 1. The number of rotatable bonds is 7. The van der Waals surface area contributed by atoms with Gasteiger partial charge in [0.05, 0.1) is 37.6 Å². The Hall–Kier alpha value is -3.85. The monoisotopic (exact) mass is 437 g/mol. The molecular weight excluding hydrogens is 418 g/mol.